The van der Waals surface area contributed by atoms with Crippen LogP contribution in [-0.2, 0) is 4.79 Å². The second-order valence-electron chi connectivity index (χ2n) is 7.40. The monoisotopic (exact) mass is 386 g/mol. The van der Waals surface area contributed by atoms with E-state index in [2.05, 4.69) is 5.32 Å². The van der Waals surface area contributed by atoms with Crippen molar-refractivity contribution in [1.82, 2.24) is 14.7 Å². The average Bonchev–Trinajstić information content (AvgIpc) is 3.00. The van der Waals surface area contributed by atoms with E-state index in [9.17, 15) is 14.4 Å². The first-order chi connectivity index (χ1) is 13.6. The highest BCUT2D eigenvalue weighted by Gasteiger charge is 2.24. The van der Waals surface area contributed by atoms with Gasteiger partial charge in [0.15, 0.2) is 0 Å². The fourth-order valence-electron chi connectivity index (χ4n) is 3.83. The van der Waals surface area contributed by atoms with Crippen LogP contribution in [0.1, 0.15) is 49.4 Å². The van der Waals surface area contributed by atoms with E-state index < -0.39 is 0 Å². The van der Waals surface area contributed by atoms with Crippen molar-refractivity contribution >= 4 is 23.5 Å². The van der Waals surface area contributed by atoms with Gasteiger partial charge in [-0.1, -0.05) is 19.1 Å². The molecule has 2 aliphatic rings. The van der Waals surface area contributed by atoms with Crippen LogP contribution in [0.25, 0.3) is 0 Å². The summed E-state index contributed by atoms with van der Waals surface area (Å²) in [5, 5.41) is 2.92. The van der Waals surface area contributed by atoms with Gasteiger partial charge in [0.1, 0.15) is 0 Å². The molecule has 1 aromatic rings. The molecule has 2 saturated heterocycles. The van der Waals surface area contributed by atoms with Gasteiger partial charge in [-0.15, -0.1) is 0 Å². The van der Waals surface area contributed by atoms with Gasteiger partial charge in [-0.2, -0.15) is 0 Å². The maximum atomic E-state index is 12.9. The van der Waals surface area contributed by atoms with Crippen LogP contribution >= 0.6 is 0 Å². The predicted molar refractivity (Wildman–Crippen MR) is 108 cm³/mol. The lowest BCUT2D eigenvalue weighted by Gasteiger charge is -2.28. The zero-order chi connectivity index (χ0) is 19.9. The fraction of sp³-hybridized carbons (Fsp3) is 0.571. The van der Waals surface area contributed by atoms with Crippen LogP contribution in [0.4, 0.5) is 10.5 Å². The Morgan fingerprint density at radius 3 is 2.21 bits per heavy atom. The van der Waals surface area contributed by atoms with Crippen LogP contribution < -0.4 is 5.32 Å². The van der Waals surface area contributed by atoms with Crippen molar-refractivity contribution in [2.45, 2.75) is 39.0 Å². The molecule has 7 nitrogen and oxygen atoms in total. The summed E-state index contributed by atoms with van der Waals surface area (Å²) < 4.78 is 0. The van der Waals surface area contributed by atoms with Crippen molar-refractivity contribution in [3.05, 3.63) is 29.8 Å². The number of anilines is 1. The Bertz CT molecular complexity index is 715. The minimum Gasteiger partial charge on any atom is -0.341 e. The van der Waals surface area contributed by atoms with Gasteiger partial charge in [0.25, 0.3) is 5.91 Å². The van der Waals surface area contributed by atoms with Gasteiger partial charge in [-0.05, 0) is 37.8 Å². The highest BCUT2D eigenvalue weighted by molar-refractivity contribution is 6.03. The zero-order valence-electron chi connectivity index (χ0n) is 16.7. The predicted octanol–water partition coefficient (Wildman–Crippen LogP) is 2.79. The summed E-state index contributed by atoms with van der Waals surface area (Å²) in [5.41, 5.74) is 1.09. The smallest absolute Gasteiger partial charge is 0.321 e. The molecule has 1 aromatic carbocycles. The van der Waals surface area contributed by atoms with Crippen molar-refractivity contribution in [1.29, 1.82) is 0 Å². The average molecular weight is 386 g/mol. The Balaban J connectivity index is 1.65. The number of urea groups is 1. The van der Waals surface area contributed by atoms with Crippen molar-refractivity contribution in [2.24, 2.45) is 0 Å². The Kier molecular flexibility index (Phi) is 6.90. The van der Waals surface area contributed by atoms with Crippen LogP contribution in [0.3, 0.4) is 0 Å². The van der Waals surface area contributed by atoms with Crippen LogP contribution in [0.15, 0.2) is 24.3 Å². The molecule has 7 heteroatoms. The normalized spacial score (nSPS) is 17.8. The molecule has 0 aromatic heterocycles. The van der Waals surface area contributed by atoms with E-state index in [1.54, 1.807) is 17.0 Å². The zero-order valence-corrected chi connectivity index (χ0v) is 16.7. The van der Waals surface area contributed by atoms with E-state index in [1.165, 1.54) is 0 Å². The number of benzene rings is 1. The van der Waals surface area contributed by atoms with Crippen molar-refractivity contribution in [3.8, 4) is 0 Å². The molecule has 2 fully saturated rings. The summed E-state index contributed by atoms with van der Waals surface area (Å²) in [6, 6.07) is 6.99. The van der Waals surface area contributed by atoms with Crippen molar-refractivity contribution in [3.63, 3.8) is 0 Å². The third kappa shape index (κ3) is 4.82. The number of likely N-dealkylation sites (tertiary alicyclic amines) is 1. The number of carbonyl (C=O) groups excluding carboxylic acids is 3. The first-order valence-electron chi connectivity index (χ1n) is 10.3. The number of para-hydroxylation sites is 1. The second-order valence-corrected chi connectivity index (χ2v) is 7.40. The molecular formula is C21H30N4O3. The van der Waals surface area contributed by atoms with Gasteiger partial charge in [0, 0.05) is 45.7 Å². The van der Waals surface area contributed by atoms with Gasteiger partial charge in [-0.3, -0.25) is 9.59 Å². The molecule has 0 aliphatic carbocycles. The van der Waals surface area contributed by atoms with Crippen LogP contribution in [0, 0.1) is 0 Å². The maximum absolute atomic E-state index is 12.9. The van der Waals surface area contributed by atoms with Crippen molar-refractivity contribution < 1.29 is 14.4 Å². The van der Waals surface area contributed by atoms with E-state index >= 15 is 0 Å². The largest absolute Gasteiger partial charge is 0.341 e. The number of hydrogen-bond donors (Lipinski definition) is 1. The van der Waals surface area contributed by atoms with E-state index in [4.69, 9.17) is 0 Å². The SMILES string of the molecule is CCC(=O)N1CCCN(C(=O)Nc2ccccc2C(=O)N2CCCCC2)CC1. The molecule has 0 radical (unpaired) electrons. The molecule has 0 unspecified atom stereocenters. The summed E-state index contributed by atoms with van der Waals surface area (Å²) in [5.74, 6) is 0.103. The highest BCUT2D eigenvalue weighted by Crippen LogP contribution is 2.20. The van der Waals surface area contributed by atoms with Crippen molar-refractivity contribution in [2.75, 3.05) is 44.6 Å². The lowest BCUT2D eigenvalue weighted by molar-refractivity contribution is -0.130. The molecule has 0 saturated carbocycles. The summed E-state index contributed by atoms with van der Waals surface area (Å²) in [7, 11) is 0. The van der Waals surface area contributed by atoms with Crippen LogP contribution in [-0.4, -0.2) is 71.8 Å². The number of hydrogen-bond acceptors (Lipinski definition) is 3. The first-order valence-corrected chi connectivity index (χ1v) is 10.3. The molecule has 1 N–H and O–H groups in total. The summed E-state index contributed by atoms with van der Waals surface area (Å²) >= 11 is 0. The van der Waals surface area contributed by atoms with Crippen LogP contribution in [0.2, 0.25) is 0 Å². The van der Waals surface area contributed by atoms with Gasteiger partial charge in [-0.25, -0.2) is 4.79 Å². The Morgan fingerprint density at radius 2 is 1.46 bits per heavy atom. The van der Waals surface area contributed by atoms with Gasteiger partial charge < -0.3 is 20.0 Å². The van der Waals surface area contributed by atoms with E-state index in [-0.39, 0.29) is 17.8 Å². The molecule has 152 valence electrons. The molecule has 4 amide bonds. The third-order valence-corrected chi connectivity index (χ3v) is 5.48. The Labute approximate surface area is 166 Å². The number of nitrogens with one attached hydrogen (secondary N) is 1. The summed E-state index contributed by atoms with van der Waals surface area (Å²) in [6.07, 6.45) is 4.46. The second kappa shape index (κ2) is 9.57. The van der Waals surface area contributed by atoms with E-state index in [0.29, 0.717) is 43.9 Å². The summed E-state index contributed by atoms with van der Waals surface area (Å²) in [4.78, 5) is 43.0. The number of nitrogens with zero attached hydrogens (tertiary/aromatic N) is 3. The molecule has 2 heterocycles. The minimum atomic E-state index is -0.218. The highest BCUT2D eigenvalue weighted by atomic mass is 16.2. The molecular weight excluding hydrogens is 356 g/mol. The van der Waals surface area contributed by atoms with Crippen LogP contribution in [0.5, 0.6) is 0 Å². The lowest BCUT2D eigenvalue weighted by atomic mass is 10.1. The minimum absolute atomic E-state index is 0.0221. The quantitative estimate of drug-likeness (QED) is 0.868. The Morgan fingerprint density at radius 1 is 0.821 bits per heavy atom. The summed E-state index contributed by atoms with van der Waals surface area (Å²) in [6.45, 7) is 5.73. The number of piperidine rings is 1. The van der Waals surface area contributed by atoms with Gasteiger partial charge in [0.2, 0.25) is 5.91 Å². The number of carbonyl (C=O) groups is 3. The van der Waals surface area contributed by atoms with Gasteiger partial charge in [0.05, 0.1) is 11.3 Å². The fourth-order valence-corrected chi connectivity index (χ4v) is 3.83. The Hall–Kier alpha value is -2.57. The molecule has 3 rings (SSSR count). The first kappa shape index (κ1) is 20.2. The number of amides is 4. The lowest BCUT2D eigenvalue weighted by Crippen LogP contribution is -2.40. The van der Waals surface area contributed by atoms with E-state index in [1.807, 2.05) is 28.9 Å². The van der Waals surface area contributed by atoms with E-state index in [0.717, 1.165) is 38.8 Å². The molecule has 28 heavy (non-hydrogen) atoms. The standard InChI is InChI=1S/C21H30N4O3/c1-2-19(26)23-13-8-14-25(16-15-23)21(28)22-18-10-5-4-9-17(18)20(27)24-11-6-3-7-12-24/h4-5,9-10H,2-3,6-8,11-16H2,1H3,(H,22,28). The third-order valence-electron chi connectivity index (χ3n) is 5.48. The molecule has 0 bridgehead atoms. The molecule has 0 spiro atoms. The molecule has 2 aliphatic heterocycles. The van der Waals surface area contributed by atoms with Gasteiger partial charge >= 0.3 is 6.03 Å². The maximum Gasteiger partial charge on any atom is 0.321 e. The number of rotatable bonds is 3. The topological polar surface area (TPSA) is 73.0 Å². The molecule has 0 atom stereocenters.